The first-order chi connectivity index (χ1) is 10.5. The topological polar surface area (TPSA) is 67.7 Å². The maximum atomic E-state index is 12.8. The lowest BCUT2D eigenvalue weighted by Crippen LogP contribution is -2.51. The highest BCUT2D eigenvalue weighted by atomic mass is 32.2. The van der Waals surface area contributed by atoms with E-state index in [1.54, 1.807) is 19.5 Å². The van der Waals surface area contributed by atoms with Gasteiger partial charge in [0.25, 0.3) is 10.2 Å². The summed E-state index contributed by atoms with van der Waals surface area (Å²) < 4.78 is 36.3. The van der Waals surface area contributed by atoms with Crippen LogP contribution in [0.25, 0.3) is 0 Å². The highest BCUT2D eigenvalue weighted by Gasteiger charge is 2.36. The van der Waals surface area contributed by atoms with E-state index >= 15 is 0 Å². The van der Waals surface area contributed by atoms with Crippen LogP contribution in [0, 0.1) is 5.92 Å². The largest absolute Gasteiger partial charge is 0.371 e. The van der Waals surface area contributed by atoms with E-state index in [0.717, 1.165) is 18.4 Å². The van der Waals surface area contributed by atoms with Gasteiger partial charge in [0.05, 0.1) is 18.9 Å². The molecule has 8 heteroatoms. The lowest BCUT2D eigenvalue weighted by Gasteiger charge is -2.37. The molecule has 2 aliphatic heterocycles. The minimum atomic E-state index is -3.39. The first-order valence-corrected chi connectivity index (χ1v) is 9.22. The summed E-state index contributed by atoms with van der Waals surface area (Å²) in [6.07, 6.45) is 5.43. The van der Waals surface area contributed by atoms with Crippen LogP contribution < -0.4 is 0 Å². The summed E-state index contributed by atoms with van der Waals surface area (Å²) in [6.45, 7) is 4.56. The molecule has 0 aliphatic carbocycles. The zero-order chi connectivity index (χ0) is 15.7. The van der Waals surface area contributed by atoms with Crippen molar-refractivity contribution in [2.45, 2.75) is 25.9 Å². The number of ether oxygens (including phenoxy) is 1. The van der Waals surface area contributed by atoms with E-state index in [1.165, 1.54) is 0 Å². The summed E-state index contributed by atoms with van der Waals surface area (Å²) >= 11 is 0. The van der Waals surface area contributed by atoms with Crippen LogP contribution in [0.15, 0.2) is 12.4 Å². The van der Waals surface area contributed by atoms with Gasteiger partial charge in [-0.2, -0.15) is 22.1 Å². The van der Waals surface area contributed by atoms with Gasteiger partial charge in [0.1, 0.15) is 0 Å². The molecule has 3 rings (SSSR count). The quantitative estimate of drug-likeness (QED) is 0.822. The van der Waals surface area contributed by atoms with Crippen LogP contribution in [0.4, 0.5) is 0 Å². The Bertz CT molecular complexity index is 615. The van der Waals surface area contributed by atoms with Gasteiger partial charge in [-0.25, -0.2) is 0 Å². The Morgan fingerprint density at radius 2 is 2.05 bits per heavy atom. The molecule has 0 saturated carbocycles. The third-order valence-electron chi connectivity index (χ3n) is 4.40. The molecule has 7 nitrogen and oxygen atoms in total. The molecule has 0 unspecified atom stereocenters. The predicted octanol–water partition coefficient (Wildman–Crippen LogP) is 0.770. The minimum absolute atomic E-state index is 0.237. The van der Waals surface area contributed by atoms with Gasteiger partial charge in [0, 0.05) is 45.0 Å². The normalized spacial score (nSPS) is 28.8. The zero-order valence-corrected chi connectivity index (χ0v) is 14.0. The van der Waals surface area contributed by atoms with Crippen molar-refractivity contribution < 1.29 is 13.2 Å². The van der Waals surface area contributed by atoms with E-state index in [-0.39, 0.29) is 6.10 Å². The summed E-state index contributed by atoms with van der Waals surface area (Å²) in [6, 6.07) is 0. The van der Waals surface area contributed by atoms with Crippen LogP contribution in [0.2, 0.25) is 0 Å². The molecule has 2 aliphatic rings. The van der Waals surface area contributed by atoms with Crippen molar-refractivity contribution in [1.82, 2.24) is 18.4 Å². The lowest BCUT2D eigenvalue weighted by molar-refractivity contribution is -0.00473. The summed E-state index contributed by atoms with van der Waals surface area (Å²) in [5.41, 5.74) is 0.925. The molecule has 124 valence electrons. The van der Waals surface area contributed by atoms with E-state index in [2.05, 4.69) is 12.0 Å². The number of nitrogens with zero attached hydrogens (tertiary/aromatic N) is 4. The first kappa shape index (κ1) is 15.9. The zero-order valence-electron chi connectivity index (χ0n) is 13.2. The predicted molar refractivity (Wildman–Crippen MR) is 82.4 cm³/mol. The van der Waals surface area contributed by atoms with E-state index in [0.29, 0.717) is 38.7 Å². The molecule has 0 spiro atoms. The molecule has 0 amide bonds. The number of morpholine rings is 1. The van der Waals surface area contributed by atoms with Crippen molar-refractivity contribution in [3.8, 4) is 0 Å². The van der Waals surface area contributed by atoms with Crippen molar-refractivity contribution in [2.75, 3.05) is 32.8 Å². The molecule has 2 atom stereocenters. The van der Waals surface area contributed by atoms with Gasteiger partial charge in [-0.05, 0) is 18.8 Å². The van der Waals surface area contributed by atoms with Crippen LogP contribution in [0.3, 0.4) is 0 Å². The molecule has 1 aromatic rings. The molecular weight excluding hydrogens is 304 g/mol. The van der Waals surface area contributed by atoms with Gasteiger partial charge in [0.15, 0.2) is 0 Å². The van der Waals surface area contributed by atoms with Gasteiger partial charge < -0.3 is 4.74 Å². The van der Waals surface area contributed by atoms with E-state index in [9.17, 15) is 8.42 Å². The highest BCUT2D eigenvalue weighted by Crippen LogP contribution is 2.26. The second-order valence-electron chi connectivity index (χ2n) is 6.28. The Labute approximate surface area is 132 Å². The van der Waals surface area contributed by atoms with E-state index < -0.39 is 10.2 Å². The van der Waals surface area contributed by atoms with Crippen LogP contribution in [0.5, 0.6) is 0 Å². The number of rotatable bonds is 3. The average molecular weight is 328 g/mol. The lowest BCUT2D eigenvalue weighted by atomic mass is 10.0. The molecule has 3 heterocycles. The molecule has 0 aromatic carbocycles. The van der Waals surface area contributed by atoms with Crippen molar-refractivity contribution in [3.63, 3.8) is 0 Å². The van der Waals surface area contributed by atoms with Crippen LogP contribution in [-0.4, -0.2) is 59.6 Å². The van der Waals surface area contributed by atoms with Gasteiger partial charge in [0.2, 0.25) is 0 Å². The fraction of sp³-hybridized carbons (Fsp3) is 0.786. The number of aryl methyl sites for hydroxylation is 1. The second-order valence-corrected chi connectivity index (χ2v) is 8.21. The SMILES string of the molecule is C[C@H]1CCCN(S(=O)(=O)N2CCO[C@H](c3cnn(C)c3)C2)C1. The molecule has 1 aromatic heterocycles. The van der Waals surface area contributed by atoms with Gasteiger partial charge in [-0.1, -0.05) is 6.92 Å². The number of hydrogen-bond acceptors (Lipinski definition) is 4. The van der Waals surface area contributed by atoms with Crippen LogP contribution in [0.1, 0.15) is 31.4 Å². The third-order valence-corrected chi connectivity index (χ3v) is 6.37. The Balaban J connectivity index is 1.73. The fourth-order valence-electron chi connectivity index (χ4n) is 3.16. The molecule has 22 heavy (non-hydrogen) atoms. The summed E-state index contributed by atoms with van der Waals surface area (Å²) in [7, 11) is -1.55. The smallest absolute Gasteiger partial charge is 0.282 e. The van der Waals surface area contributed by atoms with Crippen molar-refractivity contribution in [1.29, 1.82) is 0 Å². The fourth-order valence-corrected chi connectivity index (χ4v) is 4.92. The Hall–Kier alpha value is -0.960. The summed E-state index contributed by atoms with van der Waals surface area (Å²) in [5, 5.41) is 4.14. The Morgan fingerprint density at radius 1 is 1.27 bits per heavy atom. The van der Waals surface area contributed by atoms with E-state index in [4.69, 9.17) is 4.74 Å². The van der Waals surface area contributed by atoms with Gasteiger partial charge in [-0.3, -0.25) is 4.68 Å². The van der Waals surface area contributed by atoms with Crippen LogP contribution in [-0.2, 0) is 22.0 Å². The maximum absolute atomic E-state index is 12.8. The number of piperidine rings is 1. The third kappa shape index (κ3) is 3.19. The van der Waals surface area contributed by atoms with Crippen molar-refractivity contribution in [3.05, 3.63) is 18.0 Å². The first-order valence-electron chi connectivity index (χ1n) is 7.82. The number of aromatic nitrogens is 2. The Kier molecular flexibility index (Phi) is 4.54. The molecule has 0 N–H and O–H groups in total. The minimum Gasteiger partial charge on any atom is -0.371 e. The van der Waals surface area contributed by atoms with Crippen LogP contribution >= 0.6 is 0 Å². The van der Waals surface area contributed by atoms with Gasteiger partial charge >= 0.3 is 0 Å². The molecule has 0 bridgehead atoms. The van der Waals surface area contributed by atoms with Crippen molar-refractivity contribution in [2.24, 2.45) is 13.0 Å². The average Bonchev–Trinajstić information content (AvgIpc) is 2.94. The molecular formula is C14H24N4O3S. The molecule has 0 radical (unpaired) electrons. The Morgan fingerprint density at radius 3 is 2.73 bits per heavy atom. The van der Waals surface area contributed by atoms with E-state index in [1.807, 2.05) is 13.2 Å². The highest BCUT2D eigenvalue weighted by molar-refractivity contribution is 7.86. The summed E-state index contributed by atoms with van der Waals surface area (Å²) in [5.74, 6) is 0.429. The molecule has 2 saturated heterocycles. The molecule has 2 fully saturated rings. The van der Waals surface area contributed by atoms with Gasteiger partial charge in [-0.15, -0.1) is 0 Å². The number of hydrogen-bond donors (Lipinski definition) is 0. The second kappa shape index (κ2) is 6.27. The summed E-state index contributed by atoms with van der Waals surface area (Å²) in [4.78, 5) is 0. The monoisotopic (exact) mass is 328 g/mol. The maximum Gasteiger partial charge on any atom is 0.282 e. The standard InChI is InChI=1S/C14H24N4O3S/c1-12-4-3-5-17(9-12)22(19,20)18-6-7-21-14(11-18)13-8-15-16(2)10-13/h8,10,12,14H,3-7,9,11H2,1-2H3/t12-,14-/m0/s1. The van der Waals surface area contributed by atoms with Crippen molar-refractivity contribution >= 4 is 10.2 Å².